The Balaban J connectivity index is 1.58. The first-order valence-corrected chi connectivity index (χ1v) is 12.1. The highest BCUT2D eigenvalue weighted by Crippen LogP contribution is 2.55. The molecule has 1 spiro atoms. The first kappa shape index (κ1) is 22.3. The summed E-state index contributed by atoms with van der Waals surface area (Å²) in [5.74, 6) is 1.74. The number of carbonyl (C=O) groups excluding carboxylic acids is 2. The van der Waals surface area contributed by atoms with Gasteiger partial charge in [0.15, 0.2) is 4.87 Å². The van der Waals surface area contributed by atoms with Crippen molar-refractivity contribution in [3.8, 4) is 11.5 Å². The second-order valence-corrected chi connectivity index (χ2v) is 9.73. The summed E-state index contributed by atoms with van der Waals surface area (Å²) in [4.78, 5) is 30.2. The molecule has 0 unspecified atom stereocenters. The third-order valence-corrected chi connectivity index (χ3v) is 7.86. The Morgan fingerprint density at radius 1 is 0.971 bits per heavy atom. The molecular formula is C27H26N2O4S. The van der Waals surface area contributed by atoms with Crippen LogP contribution in [-0.2, 0) is 16.2 Å². The maximum absolute atomic E-state index is 14.2. The molecule has 2 amide bonds. The molecule has 6 nitrogen and oxygen atoms in total. The summed E-state index contributed by atoms with van der Waals surface area (Å²) in [6.45, 7) is 2.96. The van der Waals surface area contributed by atoms with Gasteiger partial charge in [0.25, 0.3) is 11.8 Å². The molecule has 3 aromatic carbocycles. The number of amides is 2. The summed E-state index contributed by atoms with van der Waals surface area (Å²) < 4.78 is 10.7. The minimum atomic E-state index is -1.12. The van der Waals surface area contributed by atoms with Crippen LogP contribution >= 0.6 is 11.8 Å². The summed E-state index contributed by atoms with van der Waals surface area (Å²) >= 11 is 1.51. The third kappa shape index (κ3) is 3.51. The molecule has 3 aromatic rings. The van der Waals surface area contributed by atoms with E-state index in [1.54, 1.807) is 48.3 Å². The van der Waals surface area contributed by atoms with E-state index < -0.39 is 4.87 Å². The Labute approximate surface area is 203 Å². The SMILES string of the molecule is COc1ccc(C(=O)N2CCS[C@]23C(=O)N(Cc2ccc(C)cc2)c2ccc(OC)cc23)cc1. The van der Waals surface area contributed by atoms with Crippen LogP contribution in [0.4, 0.5) is 5.69 Å². The fourth-order valence-electron chi connectivity index (χ4n) is 4.64. The predicted octanol–water partition coefficient (Wildman–Crippen LogP) is 4.60. The number of hydrogen-bond donors (Lipinski definition) is 0. The topological polar surface area (TPSA) is 59.1 Å². The Morgan fingerprint density at radius 2 is 1.65 bits per heavy atom. The van der Waals surface area contributed by atoms with E-state index in [4.69, 9.17) is 9.47 Å². The minimum Gasteiger partial charge on any atom is -0.497 e. The minimum absolute atomic E-state index is 0.0966. The number of hydrogen-bond acceptors (Lipinski definition) is 5. The van der Waals surface area contributed by atoms with E-state index in [0.717, 1.165) is 16.8 Å². The van der Waals surface area contributed by atoms with Gasteiger partial charge in [0.1, 0.15) is 11.5 Å². The van der Waals surface area contributed by atoms with Gasteiger partial charge in [-0.05, 0) is 55.0 Å². The first-order chi connectivity index (χ1) is 16.5. The average Bonchev–Trinajstić information content (AvgIpc) is 3.41. The van der Waals surface area contributed by atoms with Crippen molar-refractivity contribution in [3.05, 3.63) is 89.0 Å². The molecule has 7 heteroatoms. The number of ether oxygens (including phenoxy) is 2. The molecule has 0 aliphatic carbocycles. The molecule has 0 bridgehead atoms. The predicted molar refractivity (Wildman–Crippen MR) is 134 cm³/mol. The van der Waals surface area contributed by atoms with Gasteiger partial charge in [0.05, 0.1) is 26.5 Å². The molecule has 1 fully saturated rings. The van der Waals surface area contributed by atoms with Crippen molar-refractivity contribution in [2.24, 2.45) is 0 Å². The molecule has 1 saturated heterocycles. The second kappa shape index (κ2) is 8.72. The van der Waals surface area contributed by atoms with Crippen molar-refractivity contribution in [1.29, 1.82) is 0 Å². The number of methoxy groups -OCH3 is 2. The number of nitrogens with zero attached hydrogens (tertiary/aromatic N) is 2. The zero-order valence-corrected chi connectivity index (χ0v) is 20.2. The van der Waals surface area contributed by atoms with Crippen LogP contribution < -0.4 is 14.4 Å². The standard InChI is InChI=1S/C27H26N2O4S/c1-18-4-6-19(7-5-18)17-28-24-13-12-22(33-3)16-23(24)27(26(28)31)29(14-15-34-27)25(30)20-8-10-21(32-2)11-9-20/h4-13,16H,14-15,17H2,1-3H3/t27-/m1/s1. The monoisotopic (exact) mass is 474 g/mol. The van der Waals surface area contributed by atoms with Gasteiger partial charge in [-0.25, -0.2) is 0 Å². The molecule has 0 N–H and O–H groups in total. The number of rotatable bonds is 5. The number of fused-ring (bicyclic) bond motifs is 2. The third-order valence-electron chi connectivity index (χ3n) is 6.44. The smallest absolute Gasteiger partial charge is 0.268 e. The molecule has 0 saturated carbocycles. The molecule has 0 radical (unpaired) electrons. The molecular weight excluding hydrogens is 448 g/mol. The number of anilines is 1. The van der Waals surface area contributed by atoms with E-state index in [2.05, 4.69) is 0 Å². The highest BCUT2D eigenvalue weighted by Gasteiger charge is 2.59. The highest BCUT2D eigenvalue weighted by molar-refractivity contribution is 8.01. The van der Waals surface area contributed by atoms with Gasteiger partial charge in [0, 0.05) is 23.4 Å². The zero-order valence-electron chi connectivity index (χ0n) is 19.4. The van der Waals surface area contributed by atoms with Crippen molar-refractivity contribution in [1.82, 2.24) is 4.90 Å². The highest BCUT2D eigenvalue weighted by atomic mass is 32.2. The van der Waals surface area contributed by atoms with Crippen molar-refractivity contribution < 1.29 is 19.1 Å². The van der Waals surface area contributed by atoms with Crippen LogP contribution in [-0.4, -0.2) is 43.2 Å². The van der Waals surface area contributed by atoms with Crippen molar-refractivity contribution in [3.63, 3.8) is 0 Å². The first-order valence-electron chi connectivity index (χ1n) is 11.1. The van der Waals surface area contributed by atoms with E-state index in [9.17, 15) is 9.59 Å². The van der Waals surface area contributed by atoms with Gasteiger partial charge in [-0.15, -0.1) is 11.8 Å². The van der Waals surface area contributed by atoms with Crippen LogP contribution in [0.2, 0.25) is 0 Å². The molecule has 2 heterocycles. The van der Waals surface area contributed by atoms with Gasteiger partial charge in [-0.3, -0.25) is 9.59 Å². The van der Waals surface area contributed by atoms with Crippen molar-refractivity contribution >= 4 is 29.3 Å². The lowest BCUT2D eigenvalue weighted by Crippen LogP contribution is -2.50. The largest absolute Gasteiger partial charge is 0.497 e. The molecule has 174 valence electrons. The fourth-order valence-corrected chi connectivity index (χ4v) is 6.10. The Bertz CT molecular complexity index is 1240. The van der Waals surface area contributed by atoms with Crippen molar-refractivity contribution in [2.45, 2.75) is 18.3 Å². The number of benzene rings is 3. The average molecular weight is 475 g/mol. The Hall–Kier alpha value is -3.45. The summed E-state index contributed by atoms with van der Waals surface area (Å²) in [5, 5.41) is 0. The summed E-state index contributed by atoms with van der Waals surface area (Å²) in [5.41, 5.74) is 4.34. The quantitative estimate of drug-likeness (QED) is 0.541. The van der Waals surface area contributed by atoms with Crippen LogP contribution in [0.15, 0.2) is 66.7 Å². The zero-order chi connectivity index (χ0) is 23.9. The molecule has 2 aliphatic heterocycles. The molecule has 0 aromatic heterocycles. The fraction of sp³-hybridized carbons (Fsp3) is 0.259. The normalized spacial score (nSPS) is 19.0. The van der Waals surface area contributed by atoms with E-state index in [-0.39, 0.29) is 11.8 Å². The van der Waals surface area contributed by atoms with Gasteiger partial charge in [0.2, 0.25) is 0 Å². The van der Waals surface area contributed by atoms with Crippen LogP contribution in [0, 0.1) is 6.92 Å². The van der Waals surface area contributed by atoms with Crippen LogP contribution in [0.5, 0.6) is 11.5 Å². The number of carbonyl (C=O) groups is 2. The maximum Gasteiger partial charge on any atom is 0.268 e. The van der Waals surface area contributed by atoms with E-state index in [0.29, 0.717) is 35.9 Å². The molecule has 1 atom stereocenters. The molecule has 5 rings (SSSR count). The van der Waals surface area contributed by atoms with Gasteiger partial charge in [-0.1, -0.05) is 29.8 Å². The van der Waals surface area contributed by atoms with Crippen molar-refractivity contribution in [2.75, 3.05) is 31.4 Å². The number of thioether (sulfide) groups is 1. The number of aryl methyl sites for hydroxylation is 1. The van der Waals surface area contributed by atoms with E-state index in [1.165, 1.54) is 17.3 Å². The Morgan fingerprint density at radius 3 is 2.32 bits per heavy atom. The molecule has 2 aliphatic rings. The van der Waals surface area contributed by atoms with Crippen LogP contribution in [0.1, 0.15) is 27.0 Å². The maximum atomic E-state index is 14.2. The van der Waals surface area contributed by atoms with E-state index >= 15 is 0 Å². The summed E-state index contributed by atoms with van der Waals surface area (Å²) in [6.07, 6.45) is 0. The summed E-state index contributed by atoms with van der Waals surface area (Å²) in [7, 11) is 3.20. The van der Waals surface area contributed by atoms with Gasteiger partial charge >= 0.3 is 0 Å². The lowest BCUT2D eigenvalue weighted by Gasteiger charge is -2.33. The van der Waals surface area contributed by atoms with Crippen LogP contribution in [0.3, 0.4) is 0 Å². The second-order valence-electron chi connectivity index (χ2n) is 8.44. The van der Waals surface area contributed by atoms with Gasteiger partial charge < -0.3 is 19.3 Å². The summed E-state index contributed by atoms with van der Waals surface area (Å²) in [6, 6.07) is 20.9. The lowest BCUT2D eigenvalue weighted by atomic mass is 10.0. The van der Waals surface area contributed by atoms with E-state index in [1.807, 2.05) is 49.4 Å². The molecule has 34 heavy (non-hydrogen) atoms. The van der Waals surface area contributed by atoms with Gasteiger partial charge in [-0.2, -0.15) is 0 Å². The lowest BCUT2D eigenvalue weighted by molar-refractivity contribution is -0.123. The Kier molecular flexibility index (Phi) is 5.73. The van der Waals surface area contributed by atoms with Crippen LogP contribution in [0.25, 0.3) is 0 Å².